The van der Waals surface area contributed by atoms with Gasteiger partial charge in [-0.2, -0.15) is 13.2 Å². The normalized spacial score (nSPS) is 11.2. The number of halogens is 4. The highest BCUT2D eigenvalue weighted by Gasteiger charge is 2.34. The SMILES string of the molecule is O=C(NCCCc1ccccc1)Nc1ccc(Cl)cc1C(F)(F)F. The summed E-state index contributed by atoms with van der Waals surface area (Å²) < 4.78 is 38.8. The summed E-state index contributed by atoms with van der Waals surface area (Å²) in [6.45, 7) is 0.357. The number of hydrogen-bond donors (Lipinski definition) is 2. The maximum absolute atomic E-state index is 12.9. The van der Waals surface area contributed by atoms with Crippen molar-refractivity contribution in [3.8, 4) is 0 Å². The molecule has 0 heterocycles. The number of benzene rings is 2. The molecular weight excluding hydrogens is 341 g/mol. The molecule has 2 amide bonds. The van der Waals surface area contributed by atoms with Crippen LogP contribution in [0.25, 0.3) is 0 Å². The van der Waals surface area contributed by atoms with Gasteiger partial charge in [0.2, 0.25) is 0 Å². The van der Waals surface area contributed by atoms with Crippen LogP contribution in [0.5, 0.6) is 0 Å². The molecule has 2 aromatic carbocycles. The van der Waals surface area contributed by atoms with E-state index in [1.807, 2.05) is 30.3 Å². The molecule has 2 rings (SSSR count). The third kappa shape index (κ3) is 5.45. The molecule has 0 saturated heterocycles. The molecule has 0 aliphatic heterocycles. The molecular formula is C17H16ClF3N2O. The van der Waals surface area contributed by atoms with Gasteiger partial charge in [0.1, 0.15) is 0 Å². The number of aryl methyl sites for hydroxylation is 1. The summed E-state index contributed by atoms with van der Waals surface area (Å²) in [5, 5.41) is 4.71. The molecule has 0 saturated carbocycles. The predicted molar refractivity (Wildman–Crippen MR) is 88.2 cm³/mol. The van der Waals surface area contributed by atoms with Gasteiger partial charge in [-0.15, -0.1) is 0 Å². The van der Waals surface area contributed by atoms with Crippen LogP contribution in [0.2, 0.25) is 5.02 Å². The number of carbonyl (C=O) groups is 1. The highest BCUT2D eigenvalue weighted by atomic mass is 35.5. The number of alkyl halides is 3. The van der Waals surface area contributed by atoms with E-state index >= 15 is 0 Å². The van der Waals surface area contributed by atoms with Gasteiger partial charge in [0, 0.05) is 11.6 Å². The lowest BCUT2D eigenvalue weighted by Gasteiger charge is -2.14. The van der Waals surface area contributed by atoms with Gasteiger partial charge in [0.25, 0.3) is 0 Å². The first-order chi connectivity index (χ1) is 11.4. The lowest BCUT2D eigenvalue weighted by Crippen LogP contribution is -2.30. The van der Waals surface area contributed by atoms with Crippen molar-refractivity contribution >= 4 is 23.3 Å². The number of rotatable bonds is 5. The van der Waals surface area contributed by atoms with Gasteiger partial charge in [-0.05, 0) is 36.6 Å². The van der Waals surface area contributed by atoms with Crippen molar-refractivity contribution in [2.45, 2.75) is 19.0 Å². The molecule has 0 unspecified atom stereocenters. The van der Waals surface area contributed by atoms with E-state index in [0.717, 1.165) is 24.1 Å². The number of nitrogens with one attached hydrogen (secondary N) is 2. The second-order valence-electron chi connectivity index (χ2n) is 5.16. The Hall–Kier alpha value is -2.21. The number of anilines is 1. The molecule has 0 aliphatic carbocycles. The zero-order valence-electron chi connectivity index (χ0n) is 12.7. The lowest BCUT2D eigenvalue weighted by molar-refractivity contribution is -0.136. The molecule has 3 nitrogen and oxygen atoms in total. The van der Waals surface area contributed by atoms with Crippen LogP contribution in [0, 0.1) is 0 Å². The molecule has 7 heteroatoms. The van der Waals surface area contributed by atoms with Gasteiger partial charge >= 0.3 is 12.2 Å². The monoisotopic (exact) mass is 356 g/mol. The Morgan fingerprint density at radius 2 is 1.79 bits per heavy atom. The minimum Gasteiger partial charge on any atom is -0.338 e. The summed E-state index contributed by atoms with van der Waals surface area (Å²) in [6.07, 6.45) is -3.14. The molecule has 0 fully saturated rings. The number of hydrogen-bond acceptors (Lipinski definition) is 1. The Balaban J connectivity index is 1.86. The summed E-state index contributed by atoms with van der Waals surface area (Å²) in [4.78, 5) is 11.8. The van der Waals surface area contributed by atoms with Crippen molar-refractivity contribution in [2.75, 3.05) is 11.9 Å². The second kappa shape index (κ2) is 8.06. The number of urea groups is 1. The van der Waals surface area contributed by atoms with Crippen LogP contribution in [0.4, 0.5) is 23.7 Å². The largest absolute Gasteiger partial charge is 0.418 e. The summed E-state index contributed by atoms with van der Waals surface area (Å²) in [5.74, 6) is 0. The fraction of sp³-hybridized carbons (Fsp3) is 0.235. The molecule has 2 aromatic rings. The smallest absolute Gasteiger partial charge is 0.338 e. The highest BCUT2D eigenvalue weighted by molar-refractivity contribution is 6.30. The molecule has 0 atom stereocenters. The first-order valence-electron chi connectivity index (χ1n) is 7.32. The van der Waals surface area contributed by atoms with Crippen molar-refractivity contribution in [3.05, 3.63) is 64.7 Å². The third-order valence-corrected chi connectivity index (χ3v) is 3.54. The summed E-state index contributed by atoms with van der Waals surface area (Å²) in [5.41, 5.74) is -0.168. The van der Waals surface area contributed by atoms with Gasteiger partial charge in [-0.1, -0.05) is 41.9 Å². The molecule has 0 spiro atoms. The van der Waals surface area contributed by atoms with Gasteiger partial charge in [0.05, 0.1) is 11.3 Å². The minimum absolute atomic E-state index is 0.0452. The van der Waals surface area contributed by atoms with Crippen LogP contribution >= 0.6 is 11.6 Å². The molecule has 0 bridgehead atoms. The Labute approximate surface area is 142 Å². The van der Waals surface area contributed by atoms with Gasteiger partial charge in [-0.3, -0.25) is 0 Å². The van der Waals surface area contributed by atoms with Crippen molar-refractivity contribution in [2.24, 2.45) is 0 Å². The predicted octanol–water partition coefficient (Wildman–Crippen LogP) is 5.11. The zero-order valence-corrected chi connectivity index (χ0v) is 13.4. The van der Waals surface area contributed by atoms with Crippen LogP contribution in [0.3, 0.4) is 0 Å². The molecule has 128 valence electrons. The van der Waals surface area contributed by atoms with Crippen molar-refractivity contribution in [3.63, 3.8) is 0 Å². The van der Waals surface area contributed by atoms with E-state index in [2.05, 4.69) is 10.6 Å². The first-order valence-corrected chi connectivity index (χ1v) is 7.69. The molecule has 0 aliphatic rings. The Bertz CT molecular complexity index is 690. The van der Waals surface area contributed by atoms with E-state index in [9.17, 15) is 18.0 Å². The van der Waals surface area contributed by atoms with Crippen LogP contribution in [0.15, 0.2) is 48.5 Å². The fourth-order valence-corrected chi connectivity index (χ4v) is 2.34. The van der Waals surface area contributed by atoms with Crippen LogP contribution in [0.1, 0.15) is 17.5 Å². The molecule has 2 N–H and O–H groups in total. The number of amides is 2. The van der Waals surface area contributed by atoms with E-state index in [4.69, 9.17) is 11.6 Å². The van der Waals surface area contributed by atoms with Gasteiger partial charge in [0.15, 0.2) is 0 Å². The summed E-state index contributed by atoms with van der Waals surface area (Å²) in [7, 11) is 0. The fourth-order valence-electron chi connectivity index (χ4n) is 2.17. The van der Waals surface area contributed by atoms with Crippen molar-refractivity contribution < 1.29 is 18.0 Å². The quantitative estimate of drug-likeness (QED) is 0.718. The van der Waals surface area contributed by atoms with E-state index in [1.54, 1.807) is 0 Å². The minimum atomic E-state index is -4.60. The van der Waals surface area contributed by atoms with E-state index in [0.29, 0.717) is 13.0 Å². The third-order valence-electron chi connectivity index (χ3n) is 3.31. The van der Waals surface area contributed by atoms with Crippen molar-refractivity contribution in [1.82, 2.24) is 5.32 Å². The average Bonchev–Trinajstić information content (AvgIpc) is 2.53. The zero-order chi connectivity index (χ0) is 17.6. The highest BCUT2D eigenvalue weighted by Crippen LogP contribution is 2.36. The van der Waals surface area contributed by atoms with E-state index < -0.39 is 17.8 Å². The molecule has 0 aromatic heterocycles. The van der Waals surface area contributed by atoms with Crippen LogP contribution < -0.4 is 10.6 Å². The van der Waals surface area contributed by atoms with Gasteiger partial charge in [-0.25, -0.2) is 4.79 Å². The van der Waals surface area contributed by atoms with Crippen LogP contribution in [-0.2, 0) is 12.6 Å². The topological polar surface area (TPSA) is 41.1 Å². The van der Waals surface area contributed by atoms with E-state index in [1.165, 1.54) is 6.07 Å². The number of carbonyl (C=O) groups excluding carboxylic acids is 1. The lowest BCUT2D eigenvalue weighted by atomic mass is 10.1. The van der Waals surface area contributed by atoms with E-state index in [-0.39, 0.29) is 10.7 Å². The maximum atomic E-state index is 12.9. The Morgan fingerprint density at radius 3 is 2.46 bits per heavy atom. The van der Waals surface area contributed by atoms with Crippen LogP contribution in [-0.4, -0.2) is 12.6 Å². The van der Waals surface area contributed by atoms with Crippen molar-refractivity contribution in [1.29, 1.82) is 0 Å². The first kappa shape index (κ1) is 18.1. The Morgan fingerprint density at radius 1 is 1.08 bits per heavy atom. The summed E-state index contributed by atoms with van der Waals surface area (Å²) in [6, 6.07) is 12.2. The average molecular weight is 357 g/mol. The standard InChI is InChI=1S/C17H16ClF3N2O/c18-13-8-9-15(14(11-13)17(19,20)21)23-16(24)22-10-4-7-12-5-2-1-3-6-12/h1-3,5-6,8-9,11H,4,7,10H2,(H2,22,23,24). The molecule has 24 heavy (non-hydrogen) atoms. The van der Waals surface area contributed by atoms with Gasteiger partial charge < -0.3 is 10.6 Å². The second-order valence-corrected chi connectivity index (χ2v) is 5.59. The maximum Gasteiger partial charge on any atom is 0.418 e. The Kier molecular flexibility index (Phi) is 6.09. The molecule has 0 radical (unpaired) electrons. The summed E-state index contributed by atoms with van der Waals surface area (Å²) >= 11 is 5.59.